The van der Waals surface area contributed by atoms with Crippen LogP contribution in [0.3, 0.4) is 0 Å². The molecule has 0 bridgehead atoms. The number of carbonyl (C=O) groups is 2. The minimum absolute atomic E-state index is 0.101. The van der Waals surface area contributed by atoms with E-state index in [1.54, 1.807) is 13.0 Å². The summed E-state index contributed by atoms with van der Waals surface area (Å²) >= 11 is 1.14. The predicted octanol–water partition coefficient (Wildman–Crippen LogP) is 2.44. The van der Waals surface area contributed by atoms with Crippen molar-refractivity contribution in [2.24, 2.45) is 0 Å². The third kappa shape index (κ3) is 4.90. The van der Waals surface area contributed by atoms with Gasteiger partial charge in [-0.2, -0.15) is 0 Å². The lowest BCUT2D eigenvalue weighted by Crippen LogP contribution is -2.36. The van der Waals surface area contributed by atoms with Gasteiger partial charge in [0.2, 0.25) is 0 Å². The zero-order valence-corrected chi connectivity index (χ0v) is 12.2. The van der Waals surface area contributed by atoms with Crippen molar-refractivity contribution in [3.63, 3.8) is 0 Å². The first kappa shape index (κ1) is 15.5. The number of amides is 1. The van der Waals surface area contributed by atoms with Crippen molar-refractivity contribution < 1.29 is 19.4 Å². The number of carboxylic acid groups (broad SMARTS) is 1. The predicted molar refractivity (Wildman–Crippen MR) is 74.0 cm³/mol. The number of nitrogens with one attached hydrogen (secondary N) is 1. The first-order chi connectivity index (χ1) is 8.93. The average molecular weight is 285 g/mol. The summed E-state index contributed by atoms with van der Waals surface area (Å²) in [7, 11) is 0. The van der Waals surface area contributed by atoms with Crippen LogP contribution in [0.15, 0.2) is 6.07 Å². The highest BCUT2D eigenvalue weighted by molar-refractivity contribution is 7.14. The highest BCUT2D eigenvalue weighted by Gasteiger charge is 2.16. The summed E-state index contributed by atoms with van der Waals surface area (Å²) in [6, 6.07) is 1.74. The lowest BCUT2D eigenvalue weighted by molar-refractivity contribution is -0.123. The molecule has 1 unspecified atom stereocenters. The Kier molecular flexibility index (Phi) is 5.82. The number of carbonyl (C=O) groups excluding carboxylic acids is 1. The molecule has 6 heteroatoms. The molecule has 0 aliphatic heterocycles. The van der Waals surface area contributed by atoms with E-state index in [2.05, 4.69) is 5.32 Å². The van der Waals surface area contributed by atoms with Crippen LogP contribution >= 0.6 is 11.3 Å². The molecule has 1 rings (SSSR count). The van der Waals surface area contributed by atoms with Gasteiger partial charge in [0.05, 0.1) is 0 Å². The van der Waals surface area contributed by atoms with Gasteiger partial charge in [0, 0.05) is 10.9 Å². The fourth-order valence-electron chi connectivity index (χ4n) is 1.71. The van der Waals surface area contributed by atoms with Crippen LogP contribution in [0.1, 0.15) is 41.2 Å². The molecular formula is C13H19NO4S. The van der Waals surface area contributed by atoms with Gasteiger partial charge < -0.3 is 15.2 Å². The number of ether oxygens (including phenoxy) is 1. The SMILES string of the molecule is CCCC(C)NC(=O)COc1cc(C)sc1C(=O)O. The quantitative estimate of drug-likeness (QED) is 0.806. The lowest BCUT2D eigenvalue weighted by Gasteiger charge is -2.13. The summed E-state index contributed by atoms with van der Waals surface area (Å²) in [5.41, 5.74) is 0. The normalized spacial score (nSPS) is 11.9. The molecule has 0 fully saturated rings. The fourth-order valence-corrected chi connectivity index (χ4v) is 2.51. The van der Waals surface area contributed by atoms with Gasteiger partial charge in [0.15, 0.2) is 11.5 Å². The Balaban J connectivity index is 2.52. The molecule has 5 nitrogen and oxygen atoms in total. The number of hydrogen-bond donors (Lipinski definition) is 2. The first-order valence-corrected chi connectivity index (χ1v) is 7.01. The molecule has 1 amide bonds. The summed E-state index contributed by atoms with van der Waals surface area (Å²) in [5.74, 6) is -1.01. The van der Waals surface area contributed by atoms with E-state index in [1.165, 1.54) is 0 Å². The fraction of sp³-hybridized carbons (Fsp3) is 0.538. The maximum Gasteiger partial charge on any atom is 0.349 e. The van der Waals surface area contributed by atoms with Crippen molar-refractivity contribution in [1.29, 1.82) is 0 Å². The van der Waals surface area contributed by atoms with E-state index in [-0.39, 0.29) is 29.2 Å². The molecule has 0 aliphatic rings. The van der Waals surface area contributed by atoms with Crippen LogP contribution in [0.4, 0.5) is 0 Å². The van der Waals surface area contributed by atoms with Gasteiger partial charge in [-0.25, -0.2) is 4.79 Å². The second-order valence-corrected chi connectivity index (χ2v) is 5.66. The van der Waals surface area contributed by atoms with E-state index in [0.29, 0.717) is 0 Å². The number of hydrogen-bond acceptors (Lipinski definition) is 4. The third-order valence-electron chi connectivity index (χ3n) is 2.50. The Labute approximate surface area is 116 Å². The Morgan fingerprint density at radius 2 is 2.21 bits per heavy atom. The first-order valence-electron chi connectivity index (χ1n) is 6.20. The molecule has 0 spiro atoms. The number of aryl methyl sites for hydroxylation is 1. The van der Waals surface area contributed by atoms with Gasteiger partial charge in [0.25, 0.3) is 5.91 Å². The van der Waals surface area contributed by atoms with Crippen LogP contribution in [0, 0.1) is 6.92 Å². The van der Waals surface area contributed by atoms with Crippen molar-refractivity contribution in [2.75, 3.05) is 6.61 Å². The van der Waals surface area contributed by atoms with Crippen LogP contribution < -0.4 is 10.1 Å². The number of carboxylic acids is 1. The Morgan fingerprint density at radius 3 is 2.79 bits per heavy atom. The monoisotopic (exact) mass is 285 g/mol. The van der Waals surface area contributed by atoms with Crippen LogP contribution in [0.5, 0.6) is 5.75 Å². The van der Waals surface area contributed by atoms with Gasteiger partial charge in [-0.05, 0) is 26.3 Å². The summed E-state index contributed by atoms with van der Waals surface area (Å²) in [6.45, 7) is 5.61. The van der Waals surface area contributed by atoms with Gasteiger partial charge >= 0.3 is 5.97 Å². The van der Waals surface area contributed by atoms with Crippen molar-refractivity contribution in [3.05, 3.63) is 15.8 Å². The topological polar surface area (TPSA) is 75.6 Å². The minimum Gasteiger partial charge on any atom is -0.482 e. The van der Waals surface area contributed by atoms with E-state index in [1.807, 2.05) is 13.8 Å². The molecule has 0 saturated heterocycles. The van der Waals surface area contributed by atoms with Crippen molar-refractivity contribution in [1.82, 2.24) is 5.32 Å². The second-order valence-electron chi connectivity index (χ2n) is 4.40. The zero-order valence-electron chi connectivity index (χ0n) is 11.4. The van der Waals surface area contributed by atoms with Crippen LogP contribution in [0.25, 0.3) is 0 Å². The maximum absolute atomic E-state index is 11.6. The maximum atomic E-state index is 11.6. The van der Waals surface area contributed by atoms with E-state index in [0.717, 1.165) is 29.1 Å². The van der Waals surface area contributed by atoms with Gasteiger partial charge in [-0.3, -0.25) is 4.79 Å². The molecular weight excluding hydrogens is 266 g/mol. The zero-order chi connectivity index (χ0) is 14.4. The smallest absolute Gasteiger partial charge is 0.349 e. The number of aromatic carboxylic acids is 1. The molecule has 19 heavy (non-hydrogen) atoms. The van der Waals surface area contributed by atoms with Crippen LogP contribution in [-0.4, -0.2) is 29.6 Å². The van der Waals surface area contributed by atoms with Gasteiger partial charge in [-0.15, -0.1) is 11.3 Å². The Bertz CT molecular complexity index is 455. The average Bonchev–Trinajstić information content (AvgIpc) is 2.68. The molecule has 1 aromatic rings. The number of thiophene rings is 1. The van der Waals surface area contributed by atoms with Crippen molar-refractivity contribution >= 4 is 23.2 Å². The molecule has 106 valence electrons. The van der Waals surface area contributed by atoms with E-state index < -0.39 is 5.97 Å². The lowest BCUT2D eigenvalue weighted by atomic mass is 10.2. The van der Waals surface area contributed by atoms with Gasteiger partial charge in [0.1, 0.15) is 5.75 Å². The van der Waals surface area contributed by atoms with Crippen LogP contribution in [-0.2, 0) is 4.79 Å². The van der Waals surface area contributed by atoms with Crippen molar-refractivity contribution in [2.45, 2.75) is 39.7 Å². The highest BCUT2D eigenvalue weighted by Crippen LogP contribution is 2.28. The van der Waals surface area contributed by atoms with Gasteiger partial charge in [-0.1, -0.05) is 13.3 Å². The van der Waals surface area contributed by atoms with Crippen LogP contribution in [0.2, 0.25) is 0 Å². The molecule has 0 aliphatic carbocycles. The summed E-state index contributed by atoms with van der Waals surface area (Å²) in [6.07, 6.45) is 1.90. The molecule has 1 heterocycles. The standard InChI is InChI=1S/C13H19NO4S/c1-4-5-8(2)14-11(15)7-18-10-6-9(3)19-12(10)13(16)17/h6,8H,4-5,7H2,1-3H3,(H,14,15)(H,16,17). The summed E-state index contributed by atoms with van der Waals surface area (Å²) in [5, 5.41) is 11.8. The molecule has 0 aromatic carbocycles. The third-order valence-corrected chi connectivity index (χ3v) is 3.52. The van der Waals surface area contributed by atoms with Crippen molar-refractivity contribution in [3.8, 4) is 5.75 Å². The highest BCUT2D eigenvalue weighted by atomic mass is 32.1. The van der Waals surface area contributed by atoms with E-state index in [9.17, 15) is 9.59 Å². The minimum atomic E-state index is -1.03. The summed E-state index contributed by atoms with van der Waals surface area (Å²) in [4.78, 5) is 23.6. The second kappa shape index (κ2) is 7.13. The molecule has 2 N–H and O–H groups in total. The summed E-state index contributed by atoms with van der Waals surface area (Å²) < 4.78 is 5.28. The van der Waals surface area contributed by atoms with E-state index in [4.69, 9.17) is 9.84 Å². The molecule has 0 saturated carbocycles. The Hall–Kier alpha value is -1.56. The Morgan fingerprint density at radius 1 is 1.53 bits per heavy atom. The molecule has 1 aromatic heterocycles. The van der Waals surface area contributed by atoms with E-state index >= 15 is 0 Å². The largest absolute Gasteiger partial charge is 0.482 e. The molecule has 1 atom stereocenters. The molecule has 0 radical (unpaired) electrons. The number of rotatable bonds is 7.